The molecule has 3 rings (SSSR count). The van der Waals surface area contributed by atoms with E-state index < -0.39 is 0 Å². The minimum atomic E-state index is 0.157. The third-order valence-corrected chi connectivity index (χ3v) is 5.48. The smallest absolute Gasteiger partial charge is 0.313 e. The van der Waals surface area contributed by atoms with E-state index in [1.165, 1.54) is 11.1 Å². The van der Waals surface area contributed by atoms with Gasteiger partial charge in [0.05, 0.1) is 0 Å². The Bertz CT molecular complexity index is 843. The second-order valence-corrected chi connectivity index (χ2v) is 7.68. The molecular weight excluding hydrogens is 362 g/mol. The molecule has 2 aromatic carbocycles. The zero-order chi connectivity index (χ0) is 20.6. The van der Waals surface area contributed by atoms with Gasteiger partial charge in [0.25, 0.3) is 0 Å². The summed E-state index contributed by atoms with van der Waals surface area (Å²) in [6.45, 7) is 3.68. The van der Waals surface area contributed by atoms with Gasteiger partial charge in [0.2, 0.25) is 0 Å². The predicted molar refractivity (Wildman–Crippen MR) is 120 cm³/mol. The highest BCUT2D eigenvalue weighted by atomic mass is 16.4. The van der Waals surface area contributed by atoms with Crippen LogP contribution in [0.3, 0.4) is 0 Å². The summed E-state index contributed by atoms with van der Waals surface area (Å²) in [5.74, 6) is 0.444. The van der Waals surface area contributed by atoms with E-state index >= 15 is 0 Å². The first-order chi connectivity index (χ1) is 14.1. The lowest BCUT2D eigenvalue weighted by atomic mass is 9.93. The number of aryl methyl sites for hydroxylation is 1. The first-order valence-corrected chi connectivity index (χ1v) is 10.4. The highest BCUT2D eigenvalue weighted by Crippen LogP contribution is 2.21. The normalized spacial score (nSPS) is 13.5. The number of oxazole rings is 1. The fourth-order valence-electron chi connectivity index (χ4n) is 3.51. The zero-order valence-corrected chi connectivity index (χ0v) is 17.5. The highest BCUT2D eigenvalue weighted by molar-refractivity contribution is 5.74. The van der Waals surface area contributed by atoms with Crippen LogP contribution in [-0.4, -0.2) is 31.2 Å². The number of benzene rings is 2. The van der Waals surface area contributed by atoms with Gasteiger partial charge in [-0.25, -0.2) is 5.43 Å². The number of hydrogen-bond acceptors (Lipinski definition) is 6. The van der Waals surface area contributed by atoms with Gasteiger partial charge in [0.1, 0.15) is 5.52 Å². The van der Waals surface area contributed by atoms with E-state index in [0.29, 0.717) is 18.5 Å². The molecule has 6 heteroatoms. The molecule has 0 saturated heterocycles. The van der Waals surface area contributed by atoms with Crippen molar-refractivity contribution in [2.24, 2.45) is 17.4 Å². The first kappa shape index (κ1) is 21.3. The Balaban J connectivity index is 1.50. The summed E-state index contributed by atoms with van der Waals surface area (Å²) in [7, 11) is 1.89. The second-order valence-electron chi connectivity index (χ2n) is 7.68. The maximum absolute atomic E-state index is 6.30. The number of para-hydroxylation sites is 2. The molecule has 1 aromatic heterocycles. The van der Waals surface area contributed by atoms with Gasteiger partial charge in [-0.1, -0.05) is 43.3 Å². The van der Waals surface area contributed by atoms with Crippen LogP contribution < -0.4 is 21.9 Å². The number of aromatic nitrogens is 1. The number of hydrazine groups is 1. The third kappa shape index (κ3) is 5.79. The standard InChI is InChI=1S/C23H33N5O/c1-17(13-14-24)20(25)16-19-11-9-18(10-12-19)6-5-15-28(26-2)23-27-21-7-3-4-8-22(21)29-23/h3-4,7-12,17,20,26H,5-6,13-16,24-25H2,1-2H3. The minimum Gasteiger partial charge on any atom is -0.422 e. The van der Waals surface area contributed by atoms with Crippen molar-refractivity contribution < 1.29 is 4.42 Å². The minimum absolute atomic E-state index is 0.157. The second kappa shape index (κ2) is 10.4. The quantitative estimate of drug-likeness (QED) is 0.432. The monoisotopic (exact) mass is 395 g/mol. The van der Waals surface area contributed by atoms with Crippen molar-refractivity contribution in [2.45, 2.75) is 38.6 Å². The summed E-state index contributed by atoms with van der Waals surface area (Å²) in [5, 5.41) is 1.95. The maximum Gasteiger partial charge on any atom is 0.313 e. The van der Waals surface area contributed by atoms with Crippen LogP contribution in [0.5, 0.6) is 0 Å². The molecule has 0 aliphatic rings. The third-order valence-electron chi connectivity index (χ3n) is 5.48. The van der Waals surface area contributed by atoms with Crippen molar-refractivity contribution in [1.82, 2.24) is 10.4 Å². The Morgan fingerprint density at radius 2 is 1.83 bits per heavy atom. The maximum atomic E-state index is 6.30. The molecule has 2 unspecified atom stereocenters. The van der Waals surface area contributed by atoms with Crippen LogP contribution in [0.25, 0.3) is 11.1 Å². The van der Waals surface area contributed by atoms with E-state index in [1.54, 1.807) is 0 Å². The van der Waals surface area contributed by atoms with Crippen molar-refractivity contribution in [2.75, 3.05) is 25.1 Å². The molecule has 0 aliphatic heterocycles. The highest BCUT2D eigenvalue weighted by Gasteiger charge is 2.14. The Morgan fingerprint density at radius 3 is 2.52 bits per heavy atom. The van der Waals surface area contributed by atoms with Crippen molar-refractivity contribution in [3.8, 4) is 0 Å². The molecule has 0 amide bonds. The molecule has 1 heterocycles. The fourth-order valence-corrected chi connectivity index (χ4v) is 3.51. The molecule has 3 aromatic rings. The number of rotatable bonds is 11. The molecule has 0 radical (unpaired) electrons. The predicted octanol–water partition coefficient (Wildman–Crippen LogP) is 3.26. The summed E-state index contributed by atoms with van der Waals surface area (Å²) in [4.78, 5) is 4.55. The van der Waals surface area contributed by atoms with Gasteiger partial charge in [-0.15, -0.1) is 0 Å². The van der Waals surface area contributed by atoms with Crippen molar-refractivity contribution in [1.29, 1.82) is 0 Å². The number of nitrogens with zero attached hydrogens (tertiary/aromatic N) is 2. The fraction of sp³-hybridized carbons (Fsp3) is 0.435. The van der Waals surface area contributed by atoms with Gasteiger partial charge in [-0.2, -0.15) is 4.98 Å². The van der Waals surface area contributed by atoms with Gasteiger partial charge >= 0.3 is 6.01 Å². The molecule has 0 spiro atoms. The summed E-state index contributed by atoms with van der Waals surface area (Å²) in [6.07, 6.45) is 3.86. The van der Waals surface area contributed by atoms with E-state index in [1.807, 2.05) is 36.3 Å². The van der Waals surface area contributed by atoms with Gasteiger partial charge in [-0.3, -0.25) is 5.01 Å². The number of nitrogens with one attached hydrogen (secondary N) is 1. The van der Waals surface area contributed by atoms with Crippen LogP contribution in [0.4, 0.5) is 6.01 Å². The van der Waals surface area contributed by atoms with Gasteiger partial charge in [0.15, 0.2) is 5.58 Å². The largest absolute Gasteiger partial charge is 0.422 e. The lowest BCUT2D eigenvalue weighted by Gasteiger charge is -2.20. The van der Waals surface area contributed by atoms with Gasteiger partial charge in [0, 0.05) is 19.6 Å². The average Bonchev–Trinajstić information content (AvgIpc) is 3.16. The molecule has 6 nitrogen and oxygen atoms in total. The van der Waals surface area contributed by atoms with Crippen molar-refractivity contribution in [3.05, 3.63) is 59.7 Å². The molecular formula is C23H33N5O. The Kier molecular flexibility index (Phi) is 7.63. The van der Waals surface area contributed by atoms with Crippen LogP contribution in [-0.2, 0) is 12.8 Å². The topological polar surface area (TPSA) is 93.3 Å². The molecule has 0 fully saturated rings. The van der Waals surface area contributed by atoms with E-state index in [0.717, 1.165) is 43.3 Å². The molecule has 156 valence electrons. The molecule has 29 heavy (non-hydrogen) atoms. The number of anilines is 1. The molecule has 0 saturated carbocycles. The van der Waals surface area contributed by atoms with E-state index in [2.05, 4.69) is 41.6 Å². The van der Waals surface area contributed by atoms with Gasteiger partial charge < -0.3 is 15.9 Å². The number of hydrogen-bond donors (Lipinski definition) is 3. The number of nitrogens with two attached hydrogens (primary N) is 2. The van der Waals surface area contributed by atoms with Crippen LogP contribution in [0.15, 0.2) is 52.9 Å². The van der Waals surface area contributed by atoms with Crippen LogP contribution in [0, 0.1) is 5.92 Å². The molecule has 0 bridgehead atoms. The van der Waals surface area contributed by atoms with E-state index in [4.69, 9.17) is 15.9 Å². The van der Waals surface area contributed by atoms with Crippen LogP contribution in [0.1, 0.15) is 30.9 Å². The Labute approximate surface area is 173 Å². The van der Waals surface area contributed by atoms with E-state index in [9.17, 15) is 0 Å². The molecule has 0 aliphatic carbocycles. The van der Waals surface area contributed by atoms with Crippen LogP contribution in [0.2, 0.25) is 0 Å². The average molecular weight is 396 g/mol. The Hall–Kier alpha value is -2.41. The summed E-state index contributed by atoms with van der Waals surface area (Å²) >= 11 is 0. The van der Waals surface area contributed by atoms with Crippen molar-refractivity contribution in [3.63, 3.8) is 0 Å². The number of fused-ring (bicyclic) bond motifs is 1. The molecule has 2 atom stereocenters. The van der Waals surface area contributed by atoms with Crippen molar-refractivity contribution >= 4 is 17.1 Å². The molecule has 5 N–H and O–H groups in total. The summed E-state index contributed by atoms with van der Waals surface area (Å²) in [5.41, 5.74) is 19.4. The lowest BCUT2D eigenvalue weighted by molar-refractivity contribution is 0.429. The SMILES string of the molecule is CNN(CCCc1ccc(CC(N)C(C)CCN)cc1)c1nc2ccccc2o1. The van der Waals surface area contributed by atoms with E-state index in [-0.39, 0.29) is 6.04 Å². The Morgan fingerprint density at radius 1 is 1.10 bits per heavy atom. The zero-order valence-electron chi connectivity index (χ0n) is 17.5. The van der Waals surface area contributed by atoms with Crippen LogP contribution >= 0.6 is 0 Å². The summed E-state index contributed by atoms with van der Waals surface area (Å²) in [6, 6.07) is 17.4. The lowest BCUT2D eigenvalue weighted by Crippen LogP contribution is -2.36. The van der Waals surface area contributed by atoms with Gasteiger partial charge in [-0.05, 0) is 61.4 Å². The first-order valence-electron chi connectivity index (χ1n) is 10.4. The summed E-state index contributed by atoms with van der Waals surface area (Å²) < 4.78 is 5.85.